The van der Waals surface area contributed by atoms with Crippen molar-refractivity contribution in [3.63, 3.8) is 0 Å². The number of nitrogens with zero attached hydrogens (tertiary/aromatic N) is 3. The van der Waals surface area contributed by atoms with E-state index in [1.807, 2.05) is 13.1 Å². The number of allylic oxidation sites excluding steroid dienone is 1. The highest BCUT2D eigenvalue weighted by Gasteiger charge is 2.31. The lowest BCUT2D eigenvalue weighted by Crippen LogP contribution is -2.45. The number of aryl methyl sites for hydroxylation is 2. The summed E-state index contributed by atoms with van der Waals surface area (Å²) in [6.45, 7) is 13.9. The summed E-state index contributed by atoms with van der Waals surface area (Å²) in [5.74, 6) is 0. The quantitative estimate of drug-likeness (QED) is 0.338. The zero-order valence-electron chi connectivity index (χ0n) is 18.1. The van der Waals surface area contributed by atoms with Crippen LogP contribution in [0.5, 0.6) is 0 Å². The summed E-state index contributed by atoms with van der Waals surface area (Å²) in [7, 11) is 0. The predicted molar refractivity (Wildman–Crippen MR) is 122 cm³/mol. The van der Waals surface area contributed by atoms with Crippen LogP contribution in [0.15, 0.2) is 41.4 Å². The van der Waals surface area contributed by atoms with E-state index in [0.29, 0.717) is 0 Å². The first-order chi connectivity index (χ1) is 13.6. The van der Waals surface area contributed by atoms with Gasteiger partial charge in [0.2, 0.25) is 0 Å². The molecule has 29 heavy (non-hydrogen) atoms. The van der Waals surface area contributed by atoms with Crippen molar-refractivity contribution in [2.24, 2.45) is 4.99 Å². The molecule has 0 saturated carbocycles. The van der Waals surface area contributed by atoms with Gasteiger partial charge in [0.25, 0.3) is 5.69 Å². The molecule has 0 fully saturated rings. The zero-order chi connectivity index (χ0) is 21.3. The molecule has 2 aromatic carbocycles. The molecule has 0 atom stereocenters. The number of rotatable bonds is 5. The van der Waals surface area contributed by atoms with Crippen molar-refractivity contribution < 1.29 is 4.92 Å². The fourth-order valence-electron chi connectivity index (χ4n) is 4.05. The standard InChI is InChI=1S/C24H29N3O2/c1-7-10-26-23-12-16(2)19(13-21(23)18(4)14-24(26,5)6)15-25-22-9-8-20(27(28)29)11-17(22)3/h8-9,11-15H,7,10H2,1-6H3. The van der Waals surface area contributed by atoms with Crippen LogP contribution < -0.4 is 4.90 Å². The number of aliphatic imine (C=N–C) groups is 1. The van der Waals surface area contributed by atoms with Gasteiger partial charge in [-0.1, -0.05) is 13.0 Å². The minimum absolute atomic E-state index is 0.00892. The van der Waals surface area contributed by atoms with Crippen LogP contribution in [0.25, 0.3) is 5.57 Å². The van der Waals surface area contributed by atoms with E-state index in [2.05, 4.69) is 62.7 Å². The Bertz CT molecular complexity index is 1020. The third-order valence-corrected chi connectivity index (χ3v) is 5.55. The second-order valence-electron chi connectivity index (χ2n) is 8.34. The minimum atomic E-state index is -0.382. The van der Waals surface area contributed by atoms with Gasteiger partial charge in [0.1, 0.15) is 0 Å². The summed E-state index contributed by atoms with van der Waals surface area (Å²) in [6.07, 6.45) is 5.29. The first-order valence-corrected chi connectivity index (χ1v) is 10.0. The van der Waals surface area contributed by atoms with Gasteiger partial charge in [-0.15, -0.1) is 0 Å². The topological polar surface area (TPSA) is 58.7 Å². The second kappa shape index (κ2) is 7.82. The smallest absolute Gasteiger partial charge is 0.269 e. The minimum Gasteiger partial charge on any atom is -0.362 e. The highest BCUT2D eigenvalue weighted by atomic mass is 16.6. The summed E-state index contributed by atoms with van der Waals surface area (Å²) in [4.78, 5) is 17.6. The third kappa shape index (κ3) is 4.09. The lowest BCUT2D eigenvalue weighted by Gasteiger charge is -2.43. The van der Waals surface area contributed by atoms with Gasteiger partial charge in [0, 0.05) is 36.1 Å². The number of fused-ring (bicyclic) bond motifs is 1. The average molecular weight is 392 g/mol. The van der Waals surface area contributed by atoms with E-state index < -0.39 is 0 Å². The van der Waals surface area contributed by atoms with Gasteiger partial charge in [0.15, 0.2) is 0 Å². The SMILES string of the molecule is CCCN1c2cc(C)c(C=Nc3ccc([N+](=O)[O-])cc3C)cc2C(C)=CC1(C)C. The van der Waals surface area contributed by atoms with E-state index in [9.17, 15) is 10.1 Å². The van der Waals surface area contributed by atoms with Crippen molar-refractivity contribution in [2.75, 3.05) is 11.4 Å². The molecule has 2 aromatic rings. The first kappa shape index (κ1) is 20.8. The van der Waals surface area contributed by atoms with Crippen LogP contribution in [-0.4, -0.2) is 23.2 Å². The molecule has 0 saturated heterocycles. The third-order valence-electron chi connectivity index (χ3n) is 5.55. The number of benzene rings is 2. The van der Waals surface area contributed by atoms with E-state index in [4.69, 9.17) is 0 Å². The van der Waals surface area contributed by atoms with Crippen molar-refractivity contribution in [2.45, 2.75) is 53.5 Å². The number of hydrogen-bond donors (Lipinski definition) is 0. The van der Waals surface area contributed by atoms with Crippen molar-refractivity contribution in [3.05, 3.63) is 68.8 Å². The molecule has 0 spiro atoms. The van der Waals surface area contributed by atoms with Crippen LogP contribution >= 0.6 is 0 Å². The molecule has 0 unspecified atom stereocenters. The molecule has 1 heterocycles. The fourth-order valence-corrected chi connectivity index (χ4v) is 4.05. The Kier molecular flexibility index (Phi) is 5.60. The van der Waals surface area contributed by atoms with Gasteiger partial charge in [0.05, 0.1) is 16.1 Å². The molecule has 152 valence electrons. The Hall–Kier alpha value is -2.95. The van der Waals surface area contributed by atoms with Crippen molar-refractivity contribution >= 4 is 28.8 Å². The van der Waals surface area contributed by atoms with Crippen molar-refractivity contribution in [1.29, 1.82) is 0 Å². The molecule has 0 radical (unpaired) electrons. The van der Waals surface area contributed by atoms with Gasteiger partial charge in [-0.25, -0.2) is 0 Å². The van der Waals surface area contributed by atoms with Crippen LogP contribution in [0.3, 0.4) is 0 Å². The molecule has 0 bridgehead atoms. The molecule has 3 rings (SSSR count). The molecule has 1 aliphatic rings. The average Bonchev–Trinajstić information content (AvgIpc) is 2.64. The zero-order valence-corrected chi connectivity index (χ0v) is 18.1. The van der Waals surface area contributed by atoms with Gasteiger partial charge < -0.3 is 4.90 Å². The normalized spacial score (nSPS) is 15.4. The maximum absolute atomic E-state index is 10.9. The van der Waals surface area contributed by atoms with E-state index in [1.165, 1.54) is 28.5 Å². The molecule has 5 heteroatoms. The molecule has 0 aromatic heterocycles. The molecule has 5 nitrogen and oxygen atoms in total. The molecular weight excluding hydrogens is 362 g/mol. The first-order valence-electron chi connectivity index (χ1n) is 10.0. The number of hydrogen-bond acceptors (Lipinski definition) is 4. The summed E-state index contributed by atoms with van der Waals surface area (Å²) < 4.78 is 0. The highest BCUT2D eigenvalue weighted by Crippen LogP contribution is 2.40. The number of non-ortho nitro benzene ring substituents is 1. The molecule has 0 amide bonds. The number of anilines is 1. The van der Waals surface area contributed by atoms with Gasteiger partial charge in [-0.05, 0) is 81.5 Å². The van der Waals surface area contributed by atoms with Crippen LogP contribution in [0, 0.1) is 24.0 Å². The lowest BCUT2D eigenvalue weighted by molar-refractivity contribution is -0.384. The Morgan fingerprint density at radius 2 is 1.86 bits per heavy atom. The van der Waals surface area contributed by atoms with Gasteiger partial charge in [-0.3, -0.25) is 15.1 Å². The predicted octanol–water partition coefficient (Wildman–Crippen LogP) is 6.37. The number of nitro groups is 1. The van der Waals surface area contributed by atoms with E-state index in [0.717, 1.165) is 29.8 Å². The van der Waals surface area contributed by atoms with Crippen LogP contribution in [-0.2, 0) is 0 Å². The maximum Gasteiger partial charge on any atom is 0.269 e. The summed E-state index contributed by atoms with van der Waals surface area (Å²) in [6, 6.07) is 9.22. The van der Waals surface area contributed by atoms with E-state index in [1.54, 1.807) is 12.1 Å². The molecule has 0 N–H and O–H groups in total. The molecular formula is C24H29N3O2. The Labute approximate surface area is 172 Å². The van der Waals surface area contributed by atoms with Crippen molar-refractivity contribution in [3.8, 4) is 0 Å². The van der Waals surface area contributed by atoms with Gasteiger partial charge in [-0.2, -0.15) is 0 Å². The van der Waals surface area contributed by atoms with Crippen LogP contribution in [0.4, 0.5) is 17.1 Å². The lowest BCUT2D eigenvalue weighted by atomic mass is 9.87. The fraction of sp³-hybridized carbons (Fsp3) is 0.375. The van der Waals surface area contributed by atoms with Crippen LogP contribution in [0.1, 0.15) is 56.4 Å². The van der Waals surface area contributed by atoms with E-state index in [-0.39, 0.29) is 16.1 Å². The molecule has 1 aliphatic heterocycles. The van der Waals surface area contributed by atoms with Crippen molar-refractivity contribution in [1.82, 2.24) is 0 Å². The monoisotopic (exact) mass is 391 g/mol. The summed E-state index contributed by atoms with van der Waals surface area (Å²) >= 11 is 0. The van der Waals surface area contributed by atoms with Gasteiger partial charge >= 0.3 is 0 Å². The maximum atomic E-state index is 10.9. The van der Waals surface area contributed by atoms with E-state index >= 15 is 0 Å². The Morgan fingerprint density at radius 1 is 1.14 bits per heavy atom. The molecule has 0 aliphatic carbocycles. The second-order valence-corrected chi connectivity index (χ2v) is 8.34. The summed E-state index contributed by atoms with van der Waals surface area (Å²) in [5, 5.41) is 10.9. The Balaban J connectivity index is 2.00. The Morgan fingerprint density at radius 3 is 2.48 bits per heavy atom. The number of nitro benzene ring substituents is 1. The highest BCUT2D eigenvalue weighted by molar-refractivity contribution is 5.90. The summed E-state index contributed by atoms with van der Waals surface area (Å²) in [5.41, 5.74) is 7.63. The largest absolute Gasteiger partial charge is 0.362 e. The van der Waals surface area contributed by atoms with Crippen LogP contribution in [0.2, 0.25) is 0 Å².